The Hall–Kier alpha value is -3.42. The van der Waals surface area contributed by atoms with Crippen molar-refractivity contribution in [2.75, 3.05) is 13.6 Å². The van der Waals surface area contributed by atoms with E-state index in [1.165, 1.54) is 0 Å². The molecule has 1 fully saturated rings. The summed E-state index contributed by atoms with van der Waals surface area (Å²) in [5, 5.41) is 6.16. The molecule has 1 saturated carbocycles. The first-order valence-corrected chi connectivity index (χ1v) is 10.1. The maximum Gasteiger partial charge on any atom is 0.251 e. The van der Waals surface area contributed by atoms with E-state index in [4.69, 9.17) is 18.9 Å². The lowest BCUT2D eigenvalue weighted by atomic mass is 9.90. The zero-order chi connectivity index (χ0) is 20.5. The fraction of sp³-hybridized carbons (Fsp3) is 0.364. The van der Waals surface area contributed by atoms with Gasteiger partial charge in [0.05, 0.1) is 0 Å². The molecule has 8 heteroatoms. The smallest absolute Gasteiger partial charge is 0.251 e. The van der Waals surface area contributed by atoms with Gasteiger partial charge >= 0.3 is 0 Å². The Balaban J connectivity index is 1.12. The van der Waals surface area contributed by atoms with Crippen molar-refractivity contribution in [3.8, 4) is 23.0 Å². The van der Waals surface area contributed by atoms with Crippen molar-refractivity contribution in [1.82, 2.24) is 10.6 Å². The monoisotopic (exact) mass is 410 g/mol. The van der Waals surface area contributed by atoms with Gasteiger partial charge in [0, 0.05) is 23.2 Å². The zero-order valence-electron chi connectivity index (χ0n) is 16.3. The second-order valence-electron chi connectivity index (χ2n) is 7.63. The maximum atomic E-state index is 12.6. The second-order valence-corrected chi connectivity index (χ2v) is 7.63. The Bertz CT molecular complexity index is 904. The third kappa shape index (κ3) is 3.72. The van der Waals surface area contributed by atoms with Crippen LogP contribution in [0.2, 0.25) is 0 Å². The van der Waals surface area contributed by atoms with Crippen LogP contribution in [0.25, 0.3) is 0 Å². The summed E-state index contributed by atoms with van der Waals surface area (Å²) in [5.41, 5.74) is 1.11. The molecule has 2 aromatic rings. The molecule has 8 nitrogen and oxygen atoms in total. The summed E-state index contributed by atoms with van der Waals surface area (Å²) in [6.45, 7) is 0.366. The largest absolute Gasteiger partial charge is 0.454 e. The van der Waals surface area contributed by atoms with E-state index in [1.54, 1.807) is 36.4 Å². The number of carbonyl (C=O) groups is 2. The van der Waals surface area contributed by atoms with Gasteiger partial charge in [0.1, 0.15) is 0 Å². The Morgan fingerprint density at radius 2 is 1.03 bits per heavy atom. The molecule has 0 unspecified atom stereocenters. The predicted molar refractivity (Wildman–Crippen MR) is 106 cm³/mol. The summed E-state index contributed by atoms with van der Waals surface area (Å²) in [7, 11) is 0. The highest BCUT2D eigenvalue weighted by Gasteiger charge is 2.25. The SMILES string of the molecule is O=C(NC1CCC(NC(=O)c2ccc3c(c2)OCO3)CC1)c1ccc2c(c1)OCO2. The standard InChI is InChI=1S/C22H22N2O6/c25-21(13-1-7-17-19(9-13)29-11-27-17)23-15-3-5-16(6-4-15)24-22(26)14-2-8-18-20(10-14)30-12-28-18/h1-2,7-10,15-16H,3-6,11-12H2,(H,23,25)(H,24,26). The summed E-state index contributed by atoms with van der Waals surface area (Å²) in [6.07, 6.45) is 3.23. The first-order valence-electron chi connectivity index (χ1n) is 10.1. The lowest BCUT2D eigenvalue weighted by Gasteiger charge is -2.29. The van der Waals surface area contributed by atoms with Crippen LogP contribution in [-0.2, 0) is 0 Å². The minimum Gasteiger partial charge on any atom is -0.454 e. The van der Waals surface area contributed by atoms with Crippen molar-refractivity contribution in [2.24, 2.45) is 0 Å². The summed E-state index contributed by atoms with van der Waals surface area (Å²) < 4.78 is 21.2. The van der Waals surface area contributed by atoms with Crippen LogP contribution in [-0.4, -0.2) is 37.5 Å². The van der Waals surface area contributed by atoms with Crippen molar-refractivity contribution in [1.29, 1.82) is 0 Å². The molecule has 156 valence electrons. The van der Waals surface area contributed by atoms with Gasteiger partial charge in [0.25, 0.3) is 11.8 Å². The first kappa shape index (κ1) is 18.6. The molecule has 1 aliphatic carbocycles. The molecule has 2 aromatic carbocycles. The average Bonchev–Trinajstić information content (AvgIpc) is 3.43. The van der Waals surface area contributed by atoms with Crippen LogP contribution in [0.1, 0.15) is 46.4 Å². The number of amides is 2. The average molecular weight is 410 g/mol. The molecule has 0 atom stereocenters. The van der Waals surface area contributed by atoms with Crippen molar-refractivity contribution >= 4 is 11.8 Å². The molecule has 2 aliphatic heterocycles. The molecular weight excluding hydrogens is 388 g/mol. The predicted octanol–water partition coefficient (Wildman–Crippen LogP) is 2.62. The molecule has 2 heterocycles. The van der Waals surface area contributed by atoms with Gasteiger partial charge in [-0.05, 0) is 62.1 Å². The van der Waals surface area contributed by atoms with E-state index in [0.717, 1.165) is 25.7 Å². The fourth-order valence-corrected chi connectivity index (χ4v) is 4.00. The number of fused-ring (bicyclic) bond motifs is 2. The summed E-state index contributed by atoms with van der Waals surface area (Å²) in [4.78, 5) is 25.1. The Morgan fingerprint density at radius 3 is 1.47 bits per heavy atom. The topological polar surface area (TPSA) is 95.1 Å². The maximum absolute atomic E-state index is 12.6. The zero-order valence-corrected chi connectivity index (χ0v) is 16.3. The third-order valence-corrected chi connectivity index (χ3v) is 5.67. The Kier molecular flexibility index (Phi) is 4.82. The van der Waals surface area contributed by atoms with Crippen LogP contribution in [0.3, 0.4) is 0 Å². The van der Waals surface area contributed by atoms with Crippen LogP contribution in [0.15, 0.2) is 36.4 Å². The molecule has 0 radical (unpaired) electrons. The number of hydrogen-bond acceptors (Lipinski definition) is 6. The van der Waals surface area contributed by atoms with Crippen LogP contribution in [0.5, 0.6) is 23.0 Å². The third-order valence-electron chi connectivity index (χ3n) is 5.67. The van der Waals surface area contributed by atoms with E-state index in [1.807, 2.05) is 0 Å². The van der Waals surface area contributed by atoms with Crippen LogP contribution < -0.4 is 29.6 Å². The first-order chi connectivity index (χ1) is 14.7. The normalized spacial score (nSPS) is 21.2. The van der Waals surface area contributed by atoms with Gasteiger partial charge < -0.3 is 29.6 Å². The van der Waals surface area contributed by atoms with Crippen molar-refractivity contribution in [3.05, 3.63) is 47.5 Å². The molecular formula is C22H22N2O6. The molecule has 0 saturated heterocycles. The van der Waals surface area contributed by atoms with E-state index in [0.29, 0.717) is 34.1 Å². The quantitative estimate of drug-likeness (QED) is 0.805. The number of carbonyl (C=O) groups excluding carboxylic acids is 2. The number of benzene rings is 2. The molecule has 3 aliphatic rings. The lowest BCUT2D eigenvalue weighted by Crippen LogP contribution is -2.43. The Morgan fingerprint density at radius 1 is 0.633 bits per heavy atom. The number of nitrogens with one attached hydrogen (secondary N) is 2. The van der Waals surface area contributed by atoms with Gasteiger partial charge in [-0.1, -0.05) is 0 Å². The van der Waals surface area contributed by atoms with Gasteiger partial charge in [0.15, 0.2) is 23.0 Å². The second kappa shape index (κ2) is 7.78. The summed E-state index contributed by atoms with van der Waals surface area (Å²) in [5.74, 6) is 2.26. The molecule has 2 N–H and O–H groups in total. The molecule has 30 heavy (non-hydrogen) atoms. The molecule has 0 aromatic heterocycles. The minimum absolute atomic E-state index is 0.0848. The van der Waals surface area contributed by atoms with E-state index in [-0.39, 0.29) is 37.5 Å². The van der Waals surface area contributed by atoms with Gasteiger partial charge in [0.2, 0.25) is 13.6 Å². The van der Waals surface area contributed by atoms with E-state index in [9.17, 15) is 9.59 Å². The van der Waals surface area contributed by atoms with E-state index >= 15 is 0 Å². The molecule has 5 rings (SSSR count). The highest BCUT2D eigenvalue weighted by Crippen LogP contribution is 2.33. The number of hydrogen-bond donors (Lipinski definition) is 2. The van der Waals surface area contributed by atoms with Crippen molar-refractivity contribution in [3.63, 3.8) is 0 Å². The van der Waals surface area contributed by atoms with Gasteiger partial charge in [-0.2, -0.15) is 0 Å². The van der Waals surface area contributed by atoms with E-state index in [2.05, 4.69) is 10.6 Å². The lowest BCUT2D eigenvalue weighted by molar-refractivity contribution is 0.0891. The van der Waals surface area contributed by atoms with Gasteiger partial charge in [-0.3, -0.25) is 9.59 Å². The number of rotatable bonds is 4. The fourth-order valence-electron chi connectivity index (χ4n) is 4.00. The van der Waals surface area contributed by atoms with Gasteiger partial charge in [-0.15, -0.1) is 0 Å². The van der Waals surface area contributed by atoms with Crippen molar-refractivity contribution < 1.29 is 28.5 Å². The van der Waals surface area contributed by atoms with Crippen molar-refractivity contribution in [2.45, 2.75) is 37.8 Å². The molecule has 0 bridgehead atoms. The number of ether oxygens (including phenoxy) is 4. The summed E-state index contributed by atoms with van der Waals surface area (Å²) in [6, 6.07) is 10.5. The highest BCUT2D eigenvalue weighted by atomic mass is 16.7. The van der Waals surface area contributed by atoms with E-state index < -0.39 is 0 Å². The van der Waals surface area contributed by atoms with Crippen LogP contribution in [0.4, 0.5) is 0 Å². The summed E-state index contributed by atoms with van der Waals surface area (Å²) >= 11 is 0. The molecule has 2 amide bonds. The van der Waals surface area contributed by atoms with Gasteiger partial charge in [-0.25, -0.2) is 0 Å². The Labute approximate surface area is 173 Å². The highest BCUT2D eigenvalue weighted by molar-refractivity contribution is 5.95. The van der Waals surface area contributed by atoms with Crippen LogP contribution in [0, 0.1) is 0 Å². The van der Waals surface area contributed by atoms with Crippen LogP contribution >= 0.6 is 0 Å². The molecule has 0 spiro atoms. The minimum atomic E-state index is -0.124.